The van der Waals surface area contributed by atoms with Gasteiger partial charge < -0.3 is 10.3 Å². The van der Waals surface area contributed by atoms with Crippen molar-refractivity contribution in [2.45, 2.75) is 45.1 Å². The third-order valence-corrected chi connectivity index (χ3v) is 2.89. The SMILES string of the molecule is CC(OCC1CCCCC1)C(=O)C=[N+]=[N-]. The highest BCUT2D eigenvalue weighted by Crippen LogP contribution is 2.23. The summed E-state index contributed by atoms with van der Waals surface area (Å²) in [6.07, 6.45) is 6.67. The lowest BCUT2D eigenvalue weighted by molar-refractivity contribution is -0.126. The van der Waals surface area contributed by atoms with Crippen molar-refractivity contribution in [2.75, 3.05) is 6.61 Å². The molecule has 0 N–H and O–H groups in total. The third-order valence-electron chi connectivity index (χ3n) is 2.89. The quantitative estimate of drug-likeness (QED) is 0.395. The number of Topliss-reactive ketones (excluding diaryl/α,β-unsaturated/α-hetero) is 1. The molecule has 0 spiro atoms. The Labute approximate surface area is 90.2 Å². The number of hydrogen-bond donors (Lipinski definition) is 0. The van der Waals surface area contributed by atoms with Crippen LogP contribution in [-0.4, -0.2) is 29.5 Å². The van der Waals surface area contributed by atoms with E-state index in [4.69, 9.17) is 10.3 Å². The minimum atomic E-state index is -0.497. The number of carbonyl (C=O) groups excluding carboxylic acids is 1. The second-order valence-electron chi connectivity index (χ2n) is 4.13. The summed E-state index contributed by atoms with van der Waals surface area (Å²) in [4.78, 5) is 13.9. The number of rotatable bonds is 5. The number of nitrogens with zero attached hydrogens (tertiary/aromatic N) is 2. The number of carbonyl (C=O) groups is 1. The van der Waals surface area contributed by atoms with E-state index in [0.717, 1.165) is 6.21 Å². The molecule has 0 aromatic rings. The van der Waals surface area contributed by atoms with Gasteiger partial charge in [0.15, 0.2) is 0 Å². The van der Waals surface area contributed by atoms with Crippen LogP contribution in [0.15, 0.2) is 0 Å². The van der Waals surface area contributed by atoms with Gasteiger partial charge in [0.2, 0.25) is 0 Å². The molecule has 0 aromatic carbocycles. The molecule has 0 aliphatic heterocycles. The molecular weight excluding hydrogens is 192 g/mol. The third kappa shape index (κ3) is 4.36. The van der Waals surface area contributed by atoms with Gasteiger partial charge in [-0.05, 0) is 25.7 Å². The van der Waals surface area contributed by atoms with Crippen LogP contribution in [0.4, 0.5) is 0 Å². The fourth-order valence-corrected chi connectivity index (χ4v) is 1.88. The van der Waals surface area contributed by atoms with Crippen LogP contribution in [0.5, 0.6) is 0 Å². The van der Waals surface area contributed by atoms with E-state index in [0.29, 0.717) is 12.5 Å². The molecule has 1 saturated carbocycles. The van der Waals surface area contributed by atoms with E-state index >= 15 is 0 Å². The van der Waals surface area contributed by atoms with E-state index in [-0.39, 0.29) is 5.78 Å². The van der Waals surface area contributed by atoms with E-state index in [1.54, 1.807) is 6.92 Å². The van der Waals surface area contributed by atoms with Crippen molar-refractivity contribution in [1.82, 2.24) is 0 Å². The van der Waals surface area contributed by atoms with Gasteiger partial charge in [0.1, 0.15) is 6.10 Å². The molecule has 1 fully saturated rings. The van der Waals surface area contributed by atoms with E-state index < -0.39 is 6.10 Å². The average molecular weight is 210 g/mol. The molecule has 4 nitrogen and oxygen atoms in total. The van der Waals surface area contributed by atoms with Crippen LogP contribution in [-0.2, 0) is 9.53 Å². The van der Waals surface area contributed by atoms with Gasteiger partial charge in [0, 0.05) is 0 Å². The predicted molar refractivity (Wildman–Crippen MR) is 56.7 cm³/mol. The second kappa shape index (κ2) is 6.49. The highest BCUT2D eigenvalue weighted by molar-refractivity contribution is 6.27. The first-order valence-electron chi connectivity index (χ1n) is 5.57. The Bertz CT molecular complexity index is 253. The Morgan fingerprint density at radius 3 is 2.80 bits per heavy atom. The smallest absolute Gasteiger partial charge is 0.325 e. The molecule has 0 heterocycles. The molecule has 0 radical (unpaired) electrons. The van der Waals surface area contributed by atoms with Crippen LogP contribution < -0.4 is 0 Å². The lowest BCUT2D eigenvalue weighted by Gasteiger charge is -2.22. The number of ether oxygens (including phenoxy) is 1. The minimum absolute atomic E-state index is 0.284. The molecule has 0 saturated heterocycles. The van der Waals surface area contributed by atoms with Gasteiger partial charge in [0.25, 0.3) is 5.78 Å². The fraction of sp³-hybridized carbons (Fsp3) is 0.818. The summed E-state index contributed by atoms with van der Waals surface area (Å²) in [6, 6.07) is 0. The molecule has 4 heteroatoms. The summed E-state index contributed by atoms with van der Waals surface area (Å²) in [5.74, 6) is 0.313. The summed E-state index contributed by atoms with van der Waals surface area (Å²) in [6.45, 7) is 2.33. The van der Waals surface area contributed by atoms with Crippen LogP contribution in [0.2, 0.25) is 0 Å². The Kier molecular flexibility index (Phi) is 5.22. The largest absolute Gasteiger partial charge is 0.370 e. The van der Waals surface area contributed by atoms with Crippen molar-refractivity contribution >= 4 is 12.0 Å². The van der Waals surface area contributed by atoms with Crippen LogP contribution in [0.25, 0.3) is 5.53 Å². The van der Waals surface area contributed by atoms with E-state index in [1.165, 1.54) is 32.1 Å². The maximum atomic E-state index is 11.2. The monoisotopic (exact) mass is 210 g/mol. The highest BCUT2D eigenvalue weighted by atomic mass is 16.5. The molecule has 0 amide bonds. The first-order valence-corrected chi connectivity index (χ1v) is 5.57. The van der Waals surface area contributed by atoms with Crippen LogP contribution in [0, 0.1) is 5.92 Å². The first kappa shape index (κ1) is 12.1. The van der Waals surface area contributed by atoms with Gasteiger partial charge in [-0.2, -0.15) is 4.79 Å². The molecule has 1 rings (SSSR count). The summed E-state index contributed by atoms with van der Waals surface area (Å²) >= 11 is 0. The van der Waals surface area contributed by atoms with E-state index in [1.807, 2.05) is 0 Å². The van der Waals surface area contributed by atoms with Gasteiger partial charge in [-0.15, -0.1) is 0 Å². The van der Waals surface area contributed by atoms with E-state index in [2.05, 4.69) is 4.79 Å². The van der Waals surface area contributed by atoms with Crippen molar-refractivity contribution in [3.8, 4) is 0 Å². The standard InChI is InChI=1S/C11H18N2O2/c1-9(11(14)7-13-12)15-8-10-5-3-2-4-6-10/h7,9-10H,2-6,8H2,1H3. The Hall–Kier alpha value is -0.990. The normalized spacial score (nSPS) is 19.3. The molecule has 1 aliphatic rings. The summed E-state index contributed by atoms with van der Waals surface area (Å²) in [5.41, 5.74) is 8.20. The molecular formula is C11H18N2O2. The molecule has 0 aromatic heterocycles. The number of hydrogen-bond acceptors (Lipinski definition) is 2. The summed E-state index contributed by atoms with van der Waals surface area (Å²) < 4.78 is 5.44. The van der Waals surface area contributed by atoms with E-state index in [9.17, 15) is 4.79 Å². The predicted octanol–water partition coefficient (Wildman–Crippen LogP) is 1.84. The van der Waals surface area contributed by atoms with Crippen molar-refractivity contribution in [3.05, 3.63) is 5.53 Å². The Morgan fingerprint density at radius 2 is 2.20 bits per heavy atom. The molecule has 1 unspecified atom stereocenters. The first-order chi connectivity index (χ1) is 7.24. The van der Waals surface area contributed by atoms with Crippen molar-refractivity contribution in [3.63, 3.8) is 0 Å². The second-order valence-corrected chi connectivity index (χ2v) is 4.13. The molecule has 15 heavy (non-hydrogen) atoms. The fourth-order valence-electron chi connectivity index (χ4n) is 1.88. The van der Waals surface area contributed by atoms with Gasteiger partial charge >= 0.3 is 6.21 Å². The van der Waals surface area contributed by atoms with Gasteiger partial charge in [-0.25, -0.2) is 0 Å². The number of ketones is 1. The summed E-state index contributed by atoms with van der Waals surface area (Å²) in [5, 5.41) is 0. The maximum absolute atomic E-state index is 11.2. The minimum Gasteiger partial charge on any atom is -0.370 e. The Balaban J connectivity index is 2.23. The van der Waals surface area contributed by atoms with Crippen molar-refractivity contribution in [1.29, 1.82) is 0 Å². The average Bonchev–Trinajstić information content (AvgIpc) is 2.27. The van der Waals surface area contributed by atoms with Crippen molar-refractivity contribution in [2.24, 2.45) is 5.92 Å². The zero-order valence-corrected chi connectivity index (χ0v) is 9.19. The lowest BCUT2D eigenvalue weighted by Crippen LogP contribution is -2.25. The zero-order chi connectivity index (χ0) is 11.1. The van der Waals surface area contributed by atoms with Gasteiger partial charge in [0.05, 0.1) is 6.61 Å². The van der Waals surface area contributed by atoms with Crippen LogP contribution in [0.1, 0.15) is 39.0 Å². The Morgan fingerprint density at radius 1 is 1.53 bits per heavy atom. The zero-order valence-electron chi connectivity index (χ0n) is 9.19. The molecule has 0 bridgehead atoms. The lowest BCUT2D eigenvalue weighted by atomic mass is 9.90. The van der Waals surface area contributed by atoms with Crippen molar-refractivity contribution < 1.29 is 14.3 Å². The summed E-state index contributed by atoms with van der Waals surface area (Å²) in [7, 11) is 0. The topological polar surface area (TPSA) is 62.7 Å². The molecule has 1 atom stereocenters. The van der Waals surface area contributed by atoms with Crippen LogP contribution >= 0.6 is 0 Å². The van der Waals surface area contributed by atoms with Gasteiger partial charge in [-0.1, -0.05) is 19.3 Å². The maximum Gasteiger partial charge on any atom is 0.325 e. The highest BCUT2D eigenvalue weighted by Gasteiger charge is 2.18. The molecule has 1 aliphatic carbocycles. The van der Waals surface area contributed by atoms with Gasteiger partial charge in [-0.3, -0.25) is 4.79 Å². The molecule has 84 valence electrons. The van der Waals surface area contributed by atoms with Crippen LogP contribution in [0.3, 0.4) is 0 Å².